The van der Waals surface area contributed by atoms with Crippen LogP contribution in [-0.2, 0) is 13.6 Å². The van der Waals surface area contributed by atoms with Crippen LogP contribution in [0.15, 0.2) is 0 Å². The van der Waals surface area contributed by atoms with Gasteiger partial charge in [-0.1, -0.05) is 6.42 Å². The summed E-state index contributed by atoms with van der Waals surface area (Å²) >= 11 is 0. The van der Waals surface area contributed by atoms with Crippen LogP contribution in [0.4, 0.5) is 0 Å². The number of fused-ring (bicyclic) bond motifs is 1. The molecule has 13 heavy (non-hydrogen) atoms. The van der Waals surface area contributed by atoms with E-state index in [2.05, 4.69) is 0 Å². The average Bonchev–Trinajstić information content (AvgIpc) is 2.50. The first-order valence-corrected chi connectivity index (χ1v) is 6.22. The van der Waals surface area contributed by atoms with Gasteiger partial charge in [0.2, 0.25) is 0 Å². The summed E-state index contributed by atoms with van der Waals surface area (Å²) in [6.07, 6.45) is 3.53. The lowest BCUT2D eigenvalue weighted by atomic mass is 10.1. The molecule has 1 aliphatic heterocycles. The van der Waals surface area contributed by atoms with E-state index < -0.39 is 7.75 Å². The zero-order valence-electron chi connectivity index (χ0n) is 8.10. The maximum Gasteiger partial charge on any atom is 0.407 e. The van der Waals surface area contributed by atoms with E-state index in [1.54, 1.807) is 18.8 Å². The molecule has 0 aromatic heterocycles. The summed E-state index contributed by atoms with van der Waals surface area (Å²) < 4.78 is 24.3. The molecule has 1 saturated carbocycles. The molecular weight excluding hydrogens is 189 g/mol. The van der Waals surface area contributed by atoms with Crippen LogP contribution in [0, 0.1) is 5.92 Å². The largest absolute Gasteiger partial charge is 0.407 e. The van der Waals surface area contributed by atoms with Crippen molar-refractivity contribution in [3.63, 3.8) is 0 Å². The molecule has 0 unspecified atom stereocenters. The van der Waals surface area contributed by atoms with E-state index in [1.807, 2.05) is 0 Å². The molecule has 2 aliphatic rings. The third-order valence-corrected chi connectivity index (χ3v) is 4.79. The molecule has 0 aromatic carbocycles. The monoisotopic (exact) mass is 205 g/mol. The maximum atomic E-state index is 12.0. The Morgan fingerprint density at radius 1 is 1.38 bits per heavy atom. The third-order valence-electron chi connectivity index (χ3n) is 2.80. The molecule has 76 valence electrons. The Labute approximate surface area is 78.8 Å². The summed E-state index contributed by atoms with van der Waals surface area (Å²) in [4.78, 5) is 0. The Balaban J connectivity index is 2.08. The van der Waals surface area contributed by atoms with Crippen molar-refractivity contribution in [3.8, 4) is 0 Å². The van der Waals surface area contributed by atoms with Crippen LogP contribution in [0.2, 0.25) is 0 Å². The first-order valence-electron chi connectivity index (χ1n) is 4.72. The van der Waals surface area contributed by atoms with E-state index in [0.29, 0.717) is 12.5 Å². The summed E-state index contributed by atoms with van der Waals surface area (Å²) in [7, 11) is 0.542. The van der Waals surface area contributed by atoms with Gasteiger partial charge >= 0.3 is 7.75 Å². The zero-order chi connectivity index (χ0) is 9.47. The summed E-state index contributed by atoms with van der Waals surface area (Å²) in [6.45, 7) is 0.597. The average molecular weight is 205 g/mol. The zero-order valence-corrected chi connectivity index (χ0v) is 9.00. The van der Waals surface area contributed by atoms with Crippen LogP contribution in [0.5, 0.6) is 0 Å². The minimum absolute atomic E-state index is 0.169. The molecule has 5 heteroatoms. The van der Waals surface area contributed by atoms with Gasteiger partial charge in [0.05, 0.1) is 12.7 Å². The van der Waals surface area contributed by atoms with E-state index in [-0.39, 0.29) is 6.10 Å². The summed E-state index contributed by atoms with van der Waals surface area (Å²) in [5, 5.41) is 0. The van der Waals surface area contributed by atoms with Gasteiger partial charge < -0.3 is 0 Å². The van der Waals surface area contributed by atoms with Crippen molar-refractivity contribution in [1.82, 2.24) is 4.67 Å². The molecule has 0 spiro atoms. The van der Waals surface area contributed by atoms with Gasteiger partial charge in [0.1, 0.15) is 0 Å². The second kappa shape index (κ2) is 3.35. The highest BCUT2D eigenvalue weighted by atomic mass is 31.2. The standard InChI is InChI=1S/C8H16NO3P/c1-9(2)13(10)11-6-7-4-3-5-8(7)12-13/h7-8H,3-6H2,1-2H3/t7-,8-,13-/m1/s1. The number of nitrogens with zero attached hydrogens (tertiary/aromatic N) is 1. The van der Waals surface area contributed by atoms with Gasteiger partial charge in [-0.05, 0) is 26.9 Å². The molecule has 0 N–H and O–H groups in total. The van der Waals surface area contributed by atoms with Crippen molar-refractivity contribution >= 4 is 7.75 Å². The van der Waals surface area contributed by atoms with Gasteiger partial charge in [-0.2, -0.15) is 0 Å². The SMILES string of the molecule is CN(C)[P@@]1(=O)OC[C@H]2CCC[C@H]2O1. The highest BCUT2D eigenvalue weighted by Gasteiger charge is 2.43. The van der Waals surface area contributed by atoms with E-state index in [4.69, 9.17) is 9.05 Å². The maximum absolute atomic E-state index is 12.0. The van der Waals surface area contributed by atoms with E-state index >= 15 is 0 Å². The van der Waals surface area contributed by atoms with E-state index in [0.717, 1.165) is 12.8 Å². The van der Waals surface area contributed by atoms with Gasteiger partial charge in [0.15, 0.2) is 0 Å². The van der Waals surface area contributed by atoms with Crippen molar-refractivity contribution in [2.75, 3.05) is 20.7 Å². The fraction of sp³-hybridized carbons (Fsp3) is 1.00. The predicted molar refractivity (Wildman–Crippen MR) is 49.5 cm³/mol. The lowest BCUT2D eigenvalue weighted by Gasteiger charge is -2.34. The lowest BCUT2D eigenvalue weighted by Crippen LogP contribution is -2.31. The molecule has 1 saturated heterocycles. The lowest BCUT2D eigenvalue weighted by molar-refractivity contribution is 0.0285. The Morgan fingerprint density at radius 2 is 2.15 bits per heavy atom. The molecule has 0 bridgehead atoms. The fourth-order valence-corrected chi connectivity index (χ4v) is 3.41. The Bertz CT molecular complexity index is 244. The van der Waals surface area contributed by atoms with Crippen molar-refractivity contribution in [2.24, 2.45) is 5.92 Å². The van der Waals surface area contributed by atoms with Crippen molar-refractivity contribution in [3.05, 3.63) is 0 Å². The molecule has 1 aliphatic carbocycles. The molecule has 0 amide bonds. The second-order valence-electron chi connectivity index (χ2n) is 3.95. The quantitative estimate of drug-likeness (QED) is 0.612. The van der Waals surface area contributed by atoms with Crippen molar-refractivity contribution in [1.29, 1.82) is 0 Å². The minimum atomic E-state index is -2.92. The Morgan fingerprint density at radius 3 is 2.85 bits per heavy atom. The first kappa shape index (κ1) is 9.66. The Kier molecular flexibility index (Phi) is 2.49. The van der Waals surface area contributed by atoms with Gasteiger partial charge in [-0.3, -0.25) is 9.05 Å². The molecule has 0 radical (unpaired) electrons. The van der Waals surface area contributed by atoms with Crippen LogP contribution in [0.25, 0.3) is 0 Å². The molecule has 2 fully saturated rings. The molecule has 3 atom stereocenters. The summed E-state index contributed by atoms with van der Waals surface area (Å²) in [6, 6.07) is 0. The topological polar surface area (TPSA) is 38.8 Å². The van der Waals surface area contributed by atoms with Crippen LogP contribution < -0.4 is 0 Å². The van der Waals surface area contributed by atoms with Gasteiger partial charge in [0, 0.05) is 5.92 Å². The van der Waals surface area contributed by atoms with E-state index in [9.17, 15) is 4.57 Å². The fourth-order valence-electron chi connectivity index (χ4n) is 1.93. The molecule has 4 nitrogen and oxygen atoms in total. The predicted octanol–water partition coefficient (Wildman–Crippen LogP) is 1.87. The van der Waals surface area contributed by atoms with Crippen LogP contribution in [-0.4, -0.2) is 31.5 Å². The molecule has 1 heterocycles. The van der Waals surface area contributed by atoms with Crippen LogP contribution >= 0.6 is 7.75 Å². The highest BCUT2D eigenvalue weighted by molar-refractivity contribution is 7.51. The third kappa shape index (κ3) is 1.68. The van der Waals surface area contributed by atoms with Crippen molar-refractivity contribution in [2.45, 2.75) is 25.4 Å². The molecule has 0 aromatic rings. The summed E-state index contributed by atoms with van der Waals surface area (Å²) in [5.41, 5.74) is 0. The molecule has 2 rings (SSSR count). The van der Waals surface area contributed by atoms with Gasteiger partial charge in [0.25, 0.3) is 0 Å². The first-order chi connectivity index (χ1) is 6.12. The Hall–Kier alpha value is 0.110. The normalized spacial score (nSPS) is 45.2. The second-order valence-corrected chi connectivity index (χ2v) is 6.15. The molecular formula is C8H16NO3P. The van der Waals surface area contributed by atoms with E-state index in [1.165, 1.54) is 6.42 Å². The van der Waals surface area contributed by atoms with Crippen molar-refractivity contribution < 1.29 is 13.6 Å². The number of hydrogen-bond donors (Lipinski definition) is 0. The highest BCUT2D eigenvalue weighted by Crippen LogP contribution is 2.57. The summed E-state index contributed by atoms with van der Waals surface area (Å²) in [5.74, 6) is 0.474. The smallest absolute Gasteiger partial charge is 0.296 e. The number of hydrogen-bond acceptors (Lipinski definition) is 3. The minimum Gasteiger partial charge on any atom is -0.296 e. The number of rotatable bonds is 1. The van der Waals surface area contributed by atoms with Crippen LogP contribution in [0.1, 0.15) is 19.3 Å². The van der Waals surface area contributed by atoms with Gasteiger partial charge in [-0.15, -0.1) is 0 Å². The van der Waals surface area contributed by atoms with Crippen LogP contribution in [0.3, 0.4) is 0 Å². The van der Waals surface area contributed by atoms with Gasteiger partial charge in [-0.25, -0.2) is 9.24 Å².